The third-order valence-corrected chi connectivity index (χ3v) is 3.41. The normalized spacial score (nSPS) is 10.7. The van der Waals surface area contributed by atoms with Crippen LogP contribution in [-0.4, -0.2) is 9.13 Å². The van der Waals surface area contributed by atoms with Crippen molar-refractivity contribution in [2.75, 3.05) is 0 Å². The maximum absolute atomic E-state index is 13.3. The van der Waals surface area contributed by atoms with E-state index in [9.17, 15) is 18.4 Å². The van der Waals surface area contributed by atoms with Gasteiger partial charge in [0.2, 0.25) is 0 Å². The zero-order valence-electron chi connectivity index (χ0n) is 11.9. The SMILES string of the molecule is O=c1c(=O)n(-c2cccc(F)c2)ccn1Cc1ccc(F)cc1. The molecule has 0 aliphatic rings. The van der Waals surface area contributed by atoms with Crippen LogP contribution in [0.25, 0.3) is 5.69 Å². The molecule has 6 heteroatoms. The molecular weight excluding hydrogens is 302 g/mol. The molecule has 2 aromatic carbocycles. The lowest BCUT2D eigenvalue weighted by Gasteiger charge is -2.09. The first-order chi connectivity index (χ1) is 11.0. The van der Waals surface area contributed by atoms with E-state index in [4.69, 9.17) is 0 Å². The van der Waals surface area contributed by atoms with Crippen LogP contribution in [0, 0.1) is 11.6 Å². The van der Waals surface area contributed by atoms with E-state index in [1.165, 1.54) is 53.4 Å². The standard InChI is InChI=1S/C17H12F2N2O2/c18-13-6-4-12(5-7-13)11-20-8-9-21(17(23)16(20)22)15-3-1-2-14(19)10-15/h1-10H,11H2. The molecule has 0 spiro atoms. The minimum atomic E-state index is -0.778. The van der Waals surface area contributed by atoms with Gasteiger partial charge in [0.1, 0.15) is 11.6 Å². The molecular formula is C17H12F2N2O2. The molecule has 0 saturated heterocycles. The topological polar surface area (TPSA) is 44.0 Å². The van der Waals surface area contributed by atoms with Crippen molar-refractivity contribution in [2.45, 2.75) is 6.54 Å². The number of hydrogen-bond donors (Lipinski definition) is 0. The van der Waals surface area contributed by atoms with E-state index in [1.54, 1.807) is 12.1 Å². The highest BCUT2D eigenvalue weighted by Crippen LogP contribution is 2.07. The van der Waals surface area contributed by atoms with Crippen LogP contribution in [0.4, 0.5) is 8.78 Å². The minimum absolute atomic E-state index is 0.151. The maximum Gasteiger partial charge on any atom is 0.320 e. The summed E-state index contributed by atoms with van der Waals surface area (Å²) in [4.78, 5) is 24.4. The molecule has 3 aromatic rings. The van der Waals surface area contributed by atoms with Crippen LogP contribution in [0.15, 0.2) is 70.5 Å². The van der Waals surface area contributed by atoms with Crippen molar-refractivity contribution in [3.8, 4) is 5.69 Å². The molecule has 0 fully saturated rings. The van der Waals surface area contributed by atoms with Gasteiger partial charge < -0.3 is 4.57 Å². The van der Waals surface area contributed by atoms with Crippen molar-refractivity contribution in [1.29, 1.82) is 0 Å². The fourth-order valence-corrected chi connectivity index (χ4v) is 2.25. The van der Waals surface area contributed by atoms with Gasteiger partial charge in [-0.2, -0.15) is 0 Å². The molecule has 3 rings (SSSR count). The number of hydrogen-bond acceptors (Lipinski definition) is 2. The van der Waals surface area contributed by atoms with Crippen LogP contribution >= 0.6 is 0 Å². The van der Waals surface area contributed by atoms with Gasteiger partial charge in [-0.25, -0.2) is 8.78 Å². The van der Waals surface area contributed by atoms with Crippen molar-refractivity contribution in [1.82, 2.24) is 9.13 Å². The molecule has 0 N–H and O–H groups in total. The predicted molar refractivity (Wildman–Crippen MR) is 81.8 cm³/mol. The molecule has 1 heterocycles. The van der Waals surface area contributed by atoms with Crippen molar-refractivity contribution >= 4 is 0 Å². The third kappa shape index (κ3) is 3.11. The van der Waals surface area contributed by atoms with E-state index in [-0.39, 0.29) is 18.0 Å². The second-order valence-corrected chi connectivity index (χ2v) is 5.01. The van der Waals surface area contributed by atoms with Crippen LogP contribution in [0.1, 0.15) is 5.56 Å². The van der Waals surface area contributed by atoms with E-state index >= 15 is 0 Å². The van der Waals surface area contributed by atoms with Crippen molar-refractivity contribution in [3.63, 3.8) is 0 Å². The van der Waals surface area contributed by atoms with Crippen molar-refractivity contribution < 1.29 is 8.78 Å². The Morgan fingerprint density at radius 1 is 0.826 bits per heavy atom. The van der Waals surface area contributed by atoms with Crippen LogP contribution in [0.5, 0.6) is 0 Å². The highest BCUT2D eigenvalue weighted by atomic mass is 19.1. The lowest BCUT2D eigenvalue weighted by Crippen LogP contribution is -2.40. The van der Waals surface area contributed by atoms with Gasteiger partial charge in [-0.15, -0.1) is 0 Å². The summed E-state index contributed by atoms with van der Waals surface area (Å²) < 4.78 is 28.5. The smallest absolute Gasteiger partial charge is 0.305 e. The molecule has 0 atom stereocenters. The molecule has 0 radical (unpaired) electrons. The summed E-state index contributed by atoms with van der Waals surface area (Å²) in [6, 6.07) is 11.1. The Morgan fingerprint density at radius 3 is 2.26 bits per heavy atom. The van der Waals surface area contributed by atoms with Gasteiger partial charge in [-0.1, -0.05) is 18.2 Å². The third-order valence-electron chi connectivity index (χ3n) is 3.41. The van der Waals surface area contributed by atoms with Crippen LogP contribution in [0.2, 0.25) is 0 Å². The van der Waals surface area contributed by atoms with Gasteiger partial charge in [-0.3, -0.25) is 14.2 Å². The maximum atomic E-state index is 13.3. The van der Waals surface area contributed by atoms with Gasteiger partial charge in [0, 0.05) is 12.4 Å². The van der Waals surface area contributed by atoms with Gasteiger partial charge >= 0.3 is 11.1 Å². The first kappa shape index (κ1) is 14.9. The number of benzene rings is 2. The summed E-state index contributed by atoms with van der Waals surface area (Å²) in [7, 11) is 0. The average molecular weight is 314 g/mol. The van der Waals surface area contributed by atoms with E-state index in [0.29, 0.717) is 5.56 Å². The number of rotatable bonds is 3. The van der Waals surface area contributed by atoms with Crippen LogP contribution in [-0.2, 0) is 6.54 Å². The first-order valence-electron chi connectivity index (χ1n) is 6.87. The molecule has 0 unspecified atom stereocenters. The molecule has 23 heavy (non-hydrogen) atoms. The minimum Gasteiger partial charge on any atom is -0.305 e. The van der Waals surface area contributed by atoms with Crippen molar-refractivity contribution in [3.05, 3.63) is 98.8 Å². The van der Waals surface area contributed by atoms with E-state index in [2.05, 4.69) is 0 Å². The Morgan fingerprint density at radius 2 is 1.57 bits per heavy atom. The highest BCUT2D eigenvalue weighted by molar-refractivity contribution is 5.32. The van der Waals surface area contributed by atoms with Gasteiger partial charge in [-0.05, 0) is 35.9 Å². The fourth-order valence-electron chi connectivity index (χ4n) is 2.25. The Bertz CT molecular complexity index is 959. The zero-order valence-corrected chi connectivity index (χ0v) is 11.9. The fraction of sp³-hybridized carbons (Fsp3) is 0.0588. The molecule has 1 aromatic heterocycles. The summed E-state index contributed by atoms with van der Waals surface area (Å²) in [6.45, 7) is 0.151. The largest absolute Gasteiger partial charge is 0.320 e. The van der Waals surface area contributed by atoms with Crippen molar-refractivity contribution in [2.24, 2.45) is 0 Å². The van der Waals surface area contributed by atoms with Gasteiger partial charge in [0.25, 0.3) is 0 Å². The zero-order chi connectivity index (χ0) is 16.4. The van der Waals surface area contributed by atoms with Gasteiger partial charge in [0.05, 0.1) is 12.2 Å². The Labute approximate surface area is 129 Å². The molecule has 0 bridgehead atoms. The quantitative estimate of drug-likeness (QED) is 0.697. The monoisotopic (exact) mass is 314 g/mol. The molecule has 4 nitrogen and oxygen atoms in total. The lowest BCUT2D eigenvalue weighted by molar-refractivity contribution is 0.624. The molecule has 0 saturated carbocycles. The van der Waals surface area contributed by atoms with E-state index in [0.717, 1.165) is 4.57 Å². The Kier molecular flexibility index (Phi) is 3.89. The highest BCUT2D eigenvalue weighted by Gasteiger charge is 2.08. The van der Waals surface area contributed by atoms with E-state index in [1.807, 2.05) is 0 Å². The van der Waals surface area contributed by atoms with Gasteiger partial charge in [0.15, 0.2) is 0 Å². The summed E-state index contributed by atoms with van der Waals surface area (Å²) >= 11 is 0. The summed E-state index contributed by atoms with van der Waals surface area (Å²) in [5.41, 5.74) is -0.543. The first-order valence-corrected chi connectivity index (χ1v) is 6.87. The Hall–Kier alpha value is -3.02. The molecule has 0 aliphatic heterocycles. The second-order valence-electron chi connectivity index (χ2n) is 5.01. The van der Waals surface area contributed by atoms with Crippen LogP contribution in [0.3, 0.4) is 0 Å². The van der Waals surface area contributed by atoms with Crippen LogP contribution < -0.4 is 11.1 Å². The molecule has 0 aliphatic carbocycles. The molecule has 0 amide bonds. The lowest BCUT2D eigenvalue weighted by atomic mass is 10.2. The van der Waals surface area contributed by atoms with E-state index < -0.39 is 16.9 Å². The Balaban J connectivity index is 1.99. The number of nitrogens with zero attached hydrogens (tertiary/aromatic N) is 2. The predicted octanol–water partition coefficient (Wildman–Crippen LogP) is 2.33. The average Bonchev–Trinajstić information content (AvgIpc) is 2.54. The number of aromatic nitrogens is 2. The summed E-state index contributed by atoms with van der Waals surface area (Å²) in [6.07, 6.45) is 2.85. The summed E-state index contributed by atoms with van der Waals surface area (Å²) in [5.74, 6) is -0.868. The summed E-state index contributed by atoms with van der Waals surface area (Å²) in [5, 5.41) is 0. The second kappa shape index (κ2) is 6.00. The number of halogens is 2. The molecule has 116 valence electrons.